The summed E-state index contributed by atoms with van der Waals surface area (Å²) in [5.74, 6) is -0.791. The van der Waals surface area contributed by atoms with Gasteiger partial charge in [0.05, 0.1) is 0 Å². The molecule has 18 heavy (non-hydrogen) atoms. The van der Waals surface area contributed by atoms with Crippen LogP contribution in [-0.4, -0.2) is 25.8 Å². The zero-order valence-corrected chi connectivity index (χ0v) is 9.73. The number of benzene rings is 1. The number of carboxylic acids is 1. The minimum atomic E-state index is -1.11. The van der Waals surface area contributed by atoms with Gasteiger partial charge in [0.1, 0.15) is 12.7 Å². The Kier molecular flexibility index (Phi) is 2.40. The Balaban J connectivity index is 2.22. The molecule has 1 fully saturated rings. The van der Waals surface area contributed by atoms with Crippen LogP contribution in [0.2, 0.25) is 0 Å². The summed E-state index contributed by atoms with van der Waals surface area (Å²) in [7, 11) is 0. The van der Waals surface area contributed by atoms with E-state index in [4.69, 9.17) is 0 Å². The average molecular weight is 243 g/mol. The maximum absolute atomic E-state index is 11.9. The Morgan fingerprint density at radius 3 is 2.56 bits per heavy atom. The summed E-state index contributed by atoms with van der Waals surface area (Å²) in [5.41, 5.74) is -0.358. The molecule has 0 radical (unpaired) electrons. The second kappa shape index (κ2) is 3.94. The molecule has 0 aliphatic heterocycles. The molecule has 1 aliphatic rings. The molecule has 3 rings (SSSR count). The minimum absolute atomic E-state index is 0.0825. The van der Waals surface area contributed by atoms with E-state index < -0.39 is 11.5 Å². The van der Waals surface area contributed by atoms with Crippen molar-refractivity contribution >= 4 is 5.97 Å². The van der Waals surface area contributed by atoms with Gasteiger partial charge in [0.2, 0.25) is 0 Å². The molecule has 0 spiro atoms. The van der Waals surface area contributed by atoms with Gasteiger partial charge in [0, 0.05) is 0 Å². The van der Waals surface area contributed by atoms with Gasteiger partial charge in [-0.25, -0.2) is 14.5 Å². The average Bonchev–Trinajstić information content (AvgIpc) is 3.07. The van der Waals surface area contributed by atoms with Crippen molar-refractivity contribution in [2.75, 3.05) is 0 Å². The smallest absolute Gasteiger partial charge is 0.336 e. The van der Waals surface area contributed by atoms with Gasteiger partial charge in [0.25, 0.3) is 0 Å². The molecule has 1 aromatic heterocycles. The SMILES string of the molecule is O=C(O)C(c1ccccc1)(C1CC1)n1cncn1. The lowest BCUT2D eigenvalue weighted by atomic mass is 9.85. The molecule has 1 aromatic carbocycles. The summed E-state index contributed by atoms with van der Waals surface area (Å²) in [5, 5.41) is 13.8. The number of aromatic nitrogens is 3. The van der Waals surface area contributed by atoms with E-state index in [0.29, 0.717) is 0 Å². The van der Waals surface area contributed by atoms with Crippen LogP contribution in [0.5, 0.6) is 0 Å². The van der Waals surface area contributed by atoms with Crippen LogP contribution in [0.15, 0.2) is 43.0 Å². The second-order valence-corrected chi connectivity index (χ2v) is 4.55. The lowest BCUT2D eigenvalue weighted by Crippen LogP contribution is -2.45. The number of hydrogen-bond donors (Lipinski definition) is 1. The van der Waals surface area contributed by atoms with Crippen molar-refractivity contribution in [1.29, 1.82) is 0 Å². The predicted octanol–water partition coefficient (Wildman–Crippen LogP) is 1.52. The third-order valence-electron chi connectivity index (χ3n) is 3.49. The number of rotatable bonds is 4. The molecule has 1 aliphatic carbocycles. The third-order valence-corrected chi connectivity index (χ3v) is 3.49. The number of hydrogen-bond acceptors (Lipinski definition) is 3. The Labute approximate surface area is 104 Å². The molecule has 92 valence electrons. The summed E-state index contributed by atoms with van der Waals surface area (Å²) in [6, 6.07) is 9.27. The monoisotopic (exact) mass is 243 g/mol. The van der Waals surface area contributed by atoms with E-state index in [2.05, 4.69) is 10.1 Å². The Bertz CT molecular complexity index is 549. The maximum atomic E-state index is 11.9. The van der Waals surface area contributed by atoms with Crippen LogP contribution in [0, 0.1) is 5.92 Å². The fourth-order valence-corrected chi connectivity index (χ4v) is 2.53. The highest BCUT2D eigenvalue weighted by atomic mass is 16.4. The number of carboxylic acid groups (broad SMARTS) is 1. The van der Waals surface area contributed by atoms with Crippen molar-refractivity contribution in [3.8, 4) is 0 Å². The number of aliphatic carboxylic acids is 1. The lowest BCUT2D eigenvalue weighted by Gasteiger charge is -2.30. The summed E-state index contributed by atoms with van der Waals surface area (Å²) in [4.78, 5) is 15.8. The highest BCUT2D eigenvalue weighted by Gasteiger charge is 2.54. The van der Waals surface area contributed by atoms with E-state index in [0.717, 1.165) is 18.4 Å². The first-order valence-corrected chi connectivity index (χ1v) is 5.90. The first-order chi connectivity index (χ1) is 8.76. The maximum Gasteiger partial charge on any atom is 0.336 e. The molecule has 1 heterocycles. The zero-order valence-electron chi connectivity index (χ0n) is 9.73. The standard InChI is InChI=1S/C13H13N3O2/c17-12(18)13(11-6-7-11,16-9-14-8-15-16)10-4-2-1-3-5-10/h1-5,8-9,11H,6-7H2,(H,17,18). The van der Waals surface area contributed by atoms with Crippen LogP contribution in [0.4, 0.5) is 0 Å². The van der Waals surface area contributed by atoms with Crippen LogP contribution in [-0.2, 0) is 10.3 Å². The van der Waals surface area contributed by atoms with Crippen molar-refractivity contribution in [3.05, 3.63) is 48.5 Å². The topological polar surface area (TPSA) is 68.0 Å². The van der Waals surface area contributed by atoms with Crippen LogP contribution >= 0.6 is 0 Å². The van der Waals surface area contributed by atoms with Crippen molar-refractivity contribution < 1.29 is 9.90 Å². The summed E-state index contributed by atoms with van der Waals surface area (Å²) >= 11 is 0. The molecule has 1 atom stereocenters. The first kappa shape index (κ1) is 11.0. The van der Waals surface area contributed by atoms with Gasteiger partial charge in [-0.15, -0.1) is 0 Å². The molecule has 5 nitrogen and oxygen atoms in total. The highest BCUT2D eigenvalue weighted by Crippen LogP contribution is 2.48. The van der Waals surface area contributed by atoms with E-state index in [-0.39, 0.29) is 5.92 Å². The predicted molar refractivity (Wildman–Crippen MR) is 63.9 cm³/mol. The quantitative estimate of drug-likeness (QED) is 0.884. The van der Waals surface area contributed by atoms with E-state index in [1.54, 1.807) is 0 Å². The lowest BCUT2D eigenvalue weighted by molar-refractivity contribution is -0.147. The van der Waals surface area contributed by atoms with Gasteiger partial charge in [0.15, 0.2) is 5.54 Å². The Morgan fingerprint density at radius 2 is 2.06 bits per heavy atom. The molecule has 0 saturated heterocycles. The second-order valence-electron chi connectivity index (χ2n) is 4.55. The van der Waals surface area contributed by atoms with Crippen LogP contribution in [0.1, 0.15) is 18.4 Å². The van der Waals surface area contributed by atoms with Crippen molar-refractivity contribution in [2.45, 2.75) is 18.4 Å². The number of carbonyl (C=O) groups is 1. The fourth-order valence-electron chi connectivity index (χ4n) is 2.53. The van der Waals surface area contributed by atoms with Gasteiger partial charge < -0.3 is 5.11 Å². The van der Waals surface area contributed by atoms with Crippen molar-refractivity contribution in [3.63, 3.8) is 0 Å². The molecule has 1 unspecified atom stereocenters. The molecule has 1 N–H and O–H groups in total. The molecule has 0 bridgehead atoms. The Hall–Kier alpha value is -2.17. The normalized spacial score (nSPS) is 18.2. The minimum Gasteiger partial charge on any atom is -0.479 e. The van der Waals surface area contributed by atoms with E-state index >= 15 is 0 Å². The molecule has 0 amide bonds. The van der Waals surface area contributed by atoms with Crippen LogP contribution in [0.25, 0.3) is 0 Å². The molecule has 2 aromatic rings. The van der Waals surface area contributed by atoms with Gasteiger partial charge in [-0.3, -0.25) is 0 Å². The zero-order chi connectivity index (χ0) is 12.6. The molecule has 1 saturated carbocycles. The van der Waals surface area contributed by atoms with Gasteiger partial charge >= 0.3 is 5.97 Å². The molecular formula is C13H13N3O2. The first-order valence-electron chi connectivity index (χ1n) is 5.90. The van der Waals surface area contributed by atoms with Crippen LogP contribution < -0.4 is 0 Å². The van der Waals surface area contributed by atoms with Gasteiger partial charge in [-0.05, 0) is 24.3 Å². The van der Waals surface area contributed by atoms with Crippen LogP contribution in [0.3, 0.4) is 0 Å². The summed E-state index contributed by atoms with van der Waals surface area (Å²) in [6.45, 7) is 0. The highest BCUT2D eigenvalue weighted by molar-refractivity contribution is 5.82. The Morgan fingerprint density at radius 1 is 1.33 bits per heavy atom. The van der Waals surface area contributed by atoms with Gasteiger partial charge in [-0.1, -0.05) is 30.3 Å². The summed E-state index contributed by atoms with van der Waals surface area (Å²) < 4.78 is 1.47. The van der Waals surface area contributed by atoms with Crippen molar-refractivity contribution in [1.82, 2.24) is 14.8 Å². The van der Waals surface area contributed by atoms with E-state index in [1.165, 1.54) is 17.3 Å². The largest absolute Gasteiger partial charge is 0.479 e. The molecule has 5 heteroatoms. The third kappa shape index (κ3) is 1.44. The fraction of sp³-hybridized carbons (Fsp3) is 0.308. The molecular weight excluding hydrogens is 230 g/mol. The van der Waals surface area contributed by atoms with E-state index in [1.807, 2.05) is 30.3 Å². The van der Waals surface area contributed by atoms with E-state index in [9.17, 15) is 9.90 Å². The number of nitrogens with zero attached hydrogens (tertiary/aromatic N) is 3. The summed E-state index contributed by atoms with van der Waals surface area (Å²) in [6.07, 6.45) is 4.67. The van der Waals surface area contributed by atoms with Gasteiger partial charge in [-0.2, -0.15) is 5.10 Å². The van der Waals surface area contributed by atoms with Crippen molar-refractivity contribution in [2.24, 2.45) is 5.92 Å².